The fourth-order valence-electron chi connectivity index (χ4n) is 5.69. The number of carbonyl (C=O) groups is 3. The molecule has 0 aliphatic carbocycles. The highest BCUT2D eigenvalue weighted by Gasteiger charge is 2.30. The van der Waals surface area contributed by atoms with Crippen LogP contribution in [0.5, 0.6) is 11.5 Å². The number of hydrogen-bond acceptors (Lipinski definition) is 11. The summed E-state index contributed by atoms with van der Waals surface area (Å²) in [7, 11) is 5.75. The molecule has 1 N–H and O–H groups in total. The van der Waals surface area contributed by atoms with E-state index in [1.165, 1.54) is 0 Å². The molecule has 1 saturated heterocycles. The molecular weight excluding hydrogens is 655 g/mol. The maximum Gasteiger partial charge on any atom is 0.243 e. The Bertz CT molecular complexity index is 1960. The van der Waals surface area contributed by atoms with Crippen LogP contribution in [0.25, 0.3) is 31.9 Å². The number of fused-ring (bicyclic) bond motifs is 1. The maximum atomic E-state index is 12.3. The highest BCUT2D eigenvalue weighted by Crippen LogP contribution is 2.33. The lowest BCUT2D eigenvalue weighted by Gasteiger charge is -2.30. The second kappa shape index (κ2) is 16.0. The number of ether oxygens (including phenoxy) is 3. The number of piperidine rings is 1. The van der Waals surface area contributed by atoms with Gasteiger partial charge in [0, 0.05) is 49.9 Å². The standard InChI is InChI=1S/C38H39N5O6S/c1-42(2)35-14-9-27(22-39-35)25-4-6-26(7-5-25)38-40-32-12-11-31(21-34(32)50-38)49-19-17-47-16-18-48-30-10-8-28(24-44)29(20-30)23-43(3)33-13-15-36(45)41-37(33)46/h4-12,14,20-22,24,33H,13,15-19,23H2,1-3H3,(H,41,45,46). The molecule has 1 fully saturated rings. The number of carbonyl (C=O) groups excluding carboxylic acids is 3. The van der Waals surface area contributed by atoms with Crippen molar-refractivity contribution in [3.63, 3.8) is 0 Å². The molecule has 0 saturated carbocycles. The van der Waals surface area contributed by atoms with E-state index in [9.17, 15) is 14.4 Å². The van der Waals surface area contributed by atoms with Crippen molar-refractivity contribution in [2.75, 3.05) is 52.5 Å². The number of aromatic nitrogens is 2. The average Bonchev–Trinajstić information content (AvgIpc) is 3.55. The molecule has 3 aromatic carbocycles. The molecular formula is C38H39N5O6S. The molecule has 0 bridgehead atoms. The van der Waals surface area contributed by atoms with Crippen LogP contribution in [-0.4, -0.2) is 86.6 Å². The second-order valence-corrected chi connectivity index (χ2v) is 13.2. The third-order valence-electron chi connectivity index (χ3n) is 8.43. The monoisotopic (exact) mass is 693 g/mol. The zero-order valence-corrected chi connectivity index (χ0v) is 29.1. The Morgan fingerprint density at radius 3 is 2.24 bits per heavy atom. The molecule has 1 atom stereocenters. The van der Waals surface area contributed by atoms with E-state index in [4.69, 9.17) is 19.2 Å². The second-order valence-electron chi connectivity index (χ2n) is 12.2. The number of benzene rings is 3. The Morgan fingerprint density at radius 2 is 1.56 bits per heavy atom. The van der Waals surface area contributed by atoms with E-state index in [0.29, 0.717) is 57.1 Å². The molecule has 258 valence electrons. The first-order chi connectivity index (χ1) is 24.3. The van der Waals surface area contributed by atoms with Crippen LogP contribution in [0.15, 0.2) is 79.0 Å². The molecule has 12 heteroatoms. The molecule has 2 amide bonds. The highest BCUT2D eigenvalue weighted by molar-refractivity contribution is 7.21. The van der Waals surface area contributed by atoms with E-state index in [1.54, 1.807) is 36.6 Å². The van der Waals surface area contributed by atoms with Crippen molar-refractivity contribution in [2.45, 2.75) is 25.4 Å². The van der Waals surface area contributed by atoms with Gasteiger partial charge in [-0.3, -0.25) is 24.6 Å². The van der Waals surface area contributed by atoms with Gasteiger partial charge >= 0.3 is 0 Å². The van der Waals surface area contributed by atoms with E-state index in [1.807, 2.05) is 54.4 Å². The van der Waals surface area contributed by atoms with Gasteiger partial charge in [-0.25, -0.2) is 9.97 Å². The third-order valence-corrected chi connectivity index (χ3v) is 9.49. The largest absolute Gasteiger partial charge is 0.491 e. The van der Waals surface area contributed by atoms with Gasteiger partial charge in [-0.05, 0) is 73.1 Å². The van der Waals surface area contributed by atoms with E-state index < -0.39 is 6.04 Å². The van der Waals surface area contributed by atoms with Crippen LogP contribution in [-0.2, 0) is 20.9 Å². The Balaban J connectivity index is 0.945. The number of pyridine rings is 1. The number of amides is 2. The molecule has 11 nitrogen and oxygen atoms in total. The summed E-state index contributed by atoms with van der Waals surface area (Å²) in [6, 6.07) is 23.2. The number of imide groups is 1. The number of likely N-dealkylation sites (N-methyl/N-ethyl adjacent to an activating group) is 1. The fourth-order valence-corrected chi connectivity index (χ4v) is 6.69. The van der Waals surface area contributed by atoms with Crippen LogP contribution >= 0.6 is 11.3 Å². The number of thiazole rings is 1. The Labute approximate surface area is 294 Å². The van der Waals surface area contributed by atoms with E-state index in [0.717, 1.165) is 55.3 Å². The van der Waals surface area contributed by atoms with Crippen LogP contribution < -0.4 is 19.7 Å². The third kappa shape index (κ3) is 8.51. The summed E-state index contributed by atoms with van der Waals surface area (Å²) in [6.45, 7) is 1.81. The molecule has 5 aromatic rings. The molecule has 3 heterocycles. The Morgan fingerprint density at radius 1 is 0.860 bits per heavy atom. The van der Waals surface area contributed by atoms with Crippen molar-refractivity contribution in [1.29, 1.82) is 0 Å². The van der Waals surface area contributed by atoms with Gasteiger partial charge in [0.1, 0.15) is 41.8 Å². The normalized spacial score (nSPS) is 14.5. The minimum Gasteiger partial charge on any atom is -0.491 e. The van der Waals surface area contributed by atoms with Gasteiger partial charge in [0.25, 0.3) is 0 Å². The molecule has 0 radical (unpaired) electrons. The Kier molecular flexibility index (Phi) is 11.1. The summed E-state index contributed by atoms with van der Waals surface area (Å²) >= 11 is 1.62. The van der Waals surface area contributed by atoms with E-state index >= 15 is 0 Å². The summed E-state index contributed by atoms with van der Waals surface area (Å²) in [6.07, 6.45) is 3.41. The molecule has 1 aliphatic heterocycles. The van der Waals surface area contributed by atoms with Crippen LogP contribution in [0.4, 0.5) is 5.82 Å². The van der Waals surface area contributed by atoms with Crippen molar-refractivity contribution in [2.24, 2.45) is 0 Å². The number of aldehydes is 1. The number of rotatable bonds is 15. The molecule has 6 rings (SSSR count). The first-order valence-corrected chi connectivity index (χ1v) is 17.2. The van der Waals surface area contributed by atoms with Gasteiger partial charge in [0.2, 0.25) is 11.8 Å². The smallest absolute Gasteiger partial charge is 0.243 e. The summed E-state index contributed by atoms with van der Waals surface area (Å²) in [5.74, 6) is 1.70. The number of nitrogens with one attached hydrogen (secondary N) is 1. The SMILES string of the molecule is CN(C)c1ccc(-c2ccc(-c3nc4ccc(OCCOCCOc5ccc(C=O)c(CN(C)C6CCC(=O)NC6=O)c5)cc4s3)cc2)cn1. The van der Waals surface area contributed by atoms with E-state index in [2.05, 4.69) is 40.6 Å². The highest BCUT2D eigenvalue weighted by atomic mass is 32.1. The van der Waals surface area contributed by atoms with Gasteiger partial charge in [-0.2, -0.15) is 0 Å². The van der Waals surface area contributed by atoms with Crippen LogP contribution in [0.1, 0.15) is 28.8 Å². The zero-order valence-electron chi connectivity index (χ0n) is 28.3. The van der Waals surface area contributed by atoms with Gasteiger partial charge < -0.3 is 19.1 Å². The van der Waals surface area contributed by atoms with Crippen molar-refractivity contribution >= 4 is 45.5 Å². The molecule has 2 aromatic heterocycles. The summed E-state index contributed by atoms with van der Waals surface area (Å²) in [4.78, 5) is 48.6. The molecule has 0 spiro atoms. The fraction of sp³-hybridized carbons (Fsp3) is 0.289. The Hall–Kier alpha value is -5.17. The molecule has 1 aliphatic rings. The predicted molar refractivity (Wildman–Crippen MR) is 194 cm³/mol. The average molecular weight is 694 g/mol. The molecule has 1 unspecified atom stereocenters. The van der Waals surface area contributed by atoms with Gasteiger partial charge in [0.15, 0.2) is 0 Å². The summed E-state index contributed by atoms with van der Waals surface area (Å²) in [5, 5.41) is 3.32. The molecule has 50 heavy (non-hydrogen) atoms. The lowest BCUT2D eigenvalue weighted by atomic mass is 10.0. The lowest BCUT2D eigenvalue weighted by Crippen LogP contribution is -2.51. The van der Waals surface area contributed by atoms with Crippen LogP contribution in [0, 0.1) is 0 Å². The minimum atomic E-state index is -0.437. The number of hydrogen-bond donors (Lipinski definition) is 1. The summed E-state index contributed by atoms with van der Waals surface area (Å²) in [5.41, 5.74) is 5.41. The quantitative estimate of drug-likeness (QED) is 0.0841. The van der Waals surface area contributed by atoms with Gasteiger partial charge in [-0.1, -0.05) is 24.3 Å². The van der Waals surface area contributed by atoms with Crippen molar-refractivity contribution in [3.05, 3.63) is 90.1 Å². The first kappa shape index (κ1) is 34.7. The predicted octanol–water partition coefficient (Wildman–Crippen LogP) is 5.62. The van der Waals surface area contributed by atoms with E-state index in [-0.39, 0.29) is 11.8 Å². The van der Waals surface area contributed by atoms with Crippen LogP contribution in [0.3, 0.4) is 0 Å². The van der Waals surface area contributed by atoms with Crippen molar-refractivity contribution in [1.82, 2.24) is 20.2 Å². The van der Waals surface area contributed by atoms with Gasteiger partial charge in [0.05, 0.1) is 29.5 Å². The summed E-state index contributed by atoms with van der Waals surface area (Å²) < 4.78 is 18.6. The van der Waals surface area contributed by atoms with Gasteiger partial charge in [-0.15, -0.1) is 11.3 Å². The topological polar surface area (TPSA) is 123 Å². The number of anilines is 1. The van der Waals surface area contributed by atoms with Crippen molar-refractivity contribution < 1.29 is 28.6 Å². The van der Waals surface area contributed by atoms with Crippen molar-refractivity contribution in [3.8, 4) is 33.2 Å². The maximum absolute atomic E-state index is 12.3. The minimum absolute atomic E-state index is 0.261. The zero-order chi connectivity index (χ0) is 35.0. The number of nitrogens with zero attached hydrogens (tertiary/aromatic N) is 4. The van der Waals surface area contributed by atoms with Crippen LogP contribution in [0.2, 0.25) is 0 Å². The lowest BCUT2D eigenvalue weighted by molar-refractivity contribution is -0.137. The first-order valence-electron chi connectivity index (χ1n) is 16.4.